The van der Waals surface area contributed by atoms with Gasteiger partial charge in [0.2, 0.25) is 0 Å². The Morgan fingerprint density at radius 2 is 2.10 bits per heavy atom. The monoisotopic (exact) mass is 294 g/mol. The number of amides is 1. The van der Waals surface area contributed by atoms with E-state index in [0.29, 0.717) is 25.2 Å². The molecular formula is C16H26N2O3. The fourth-order valence-corrected chi connectivity index (χ4v) is 4.03. The van der Waals surface area contributed by atoms with Gasteiger partial charge in [-0.15, -0.1) is 0 Å². The van der Waals surface area contributed by atoms with E-state index in [4.69, 9.17) is 9.57 Å². The van der Waals surface area contributed by atoms with Crippen molar-refractivity contribution in [3.63, 3.8) is 0 Å². The normalized spacial score (nSPS) is 37.5. The van der Waals surface area contributed by atoms with Gasteiger partial charge in [-0.2, -0.15) is 0 Å². The van der Waals surface area contributed by atoms with Crippen molar-refractivity contribution in [1.29, 1.82) is 0 Å². The Morgan fingerprint density at radius 1 is 1.19 bits per heavy atom. The maximum atomic E-state index is 12.5. The molecule has 0 N–H and O–H groups in total. The minimum atomic E-state index is 0.00484. The summed E-state index contributed by atoms with van der Waals surface area (Å²) in [6.07, 6.45) is 6.27. The summed E-state index contributed by atoms with van der Waals surface area (Å²) in [5, 5.41) is 1.57. The first-order valence-electron chi connectivity index (χ1n) is 8.58. The SMILES string of the molecule is O=C([C@H]1CO[C@H]2CCN(CC3CC3)C[C@H]2C1)N1CCCO1. The number of rotatable bonds is 3. The standard InChI is InChI=1S/C16H26N2O3/c19-16(18-5-1-7-21-18)14-8-13-10-17(9-12-2-3-12)6-4-15(13)20-11-14/h12-15H,1-11H2/t13-,14-,15+/m1/s1. The van der Waals surface area contributed by atoms with Gasteiger partial charge in [-0.1, -0.05) is 0 Å². The number of piperidine rings is 1. The van der Waals surface area contributed by atoms with E-state index in [1.807, 2.05) is 0 Å². The van der Waals surface area contributed by atoms with Crippen molar-refractivity contribution >= 4 is 5.91 Å². The van der Waals surface area contributed by atoms with E-state index in [2.05, 4.69) is 4.90 Å². The largest absolute Gasteiger partial charge is 0.377 e. The molecule has 0 bridgehead atoms. The van der Waals surface area contributed by atoms with Crippen molar-refractivity contribution < 1.29 is 14.4 Å². The zero-order chi connectivity index (χ0) is 14.2. The predicted octanol–water partition coefficient (Wildman–Crippen LogP) is 1.29. The third kappa shape index (κ3) is 3.10. The van der Waals surface area contributed by atoms with E-state index in [1.54, 1.807) is 5.06 Å². The maximum absolute atomic E-state index is 12.5. The molecule has 5 nitrogen and oxygen atoms in total. The number of carbonyl (C=O) groups is 1. The summed E-state index contributed by atoms with van der Waals surface area (Å²) in [6.45, 7) is 5.56. The molecule has 118 valence electrons. The Hall–Kier alpha value is -0.650. The number of fused-ring (bicyclic) bond motifs is 1. The van der Waals surface area contributed by atoms with Gasteiger partial charge in [0.1, 0.15) is 0 Å². The molecule has 3 aliphatic heterocycles. The molecule has 3 atom stereocenters. The lowest BCUT2D eigenvalue weighted by Gasteiger charge is -2.43. The molecule has 4 fully saturated rings. The molecule has 0 aromatic heterocycles. The molecule has 0 spiro atoms. The average molecular weight is 294 g/mol. The van der Waals surface area contributed by atoms with Crippen molar-refractivity contribution in [2.45, 2.75) is 38.2 Å². The molecule has 4 rings (SSSR count). The third-order valence-electron chi connectivity index (χ3n) is 5.41. The molecule has 0 aromatic carbocycles. The van der Waals surface area contributed by atoms with Crippen molar-refractivity contribution in [3.05, 3.63) is 0 Å². The Labute approximate surface area is 126 Å². The van der Waals surface area contributed by atoms with E-state index < -0.39 is 0 Å². The second kappa shape index (κ2) is 5.86. The van der Waals surface area contributed by atoms with E-state index in [0.717, 1.165) is 38.3 Å². The van der Waals surface area contributed by atoms with E-state index in [-0.39, 0.29) is 11.8 Å². The number of hydroxylamine groups is 2. The summed E-state index contributed by atoms with van der Waals surface area (Å²) in [6, 6.07) is 0. The smallest absolute Gasteiger partial charge is 0.251 e. The first-order valence-corrected chi connectivity index (χ1v) is 8.58. The summed E-state index contributed by atoms with van der Waals surface area (Å²) in [7, 11) is 0. The quantitative estimate of drug-likeness (QED) is 0.786. The molecule has 3 saturated heterocycles. The summed E-state index contributed by atoms with van der Waals surface area (Å²) in [5.41, 5.74) is 0. The highest BCUT2D eigenvalue weighted by Crippen LogP contribution is 2.35. The maximum Gasteiger partial charge on any atom is 0.251 e. The van der Waals surface area contributed by atoms with Crippen molar-refractivity contribution in [2.24, 2.45) is 17.8 Å². The summed E-state index contributed by atoms with van der Waals surface area (Å²) in [5.74, 6) is 1.62. The van der Waals surface area contributed by atoms with E-state index in [9.17, 15) is 4.79 Å². The fourth-order valence-electron chi connectivity index (χ4n) is 4.03. The van der Waals surface area contributed by atoms with Gasteiger partial charge in [0.25, 0.3) is 5.91 Å². The Kier molecular flexibility index (Phi) is 3.90. The van der Waals surface area contributed by atoms with Crippen molar-refractivity contribution in [1.82, 2.24) is 9.96 Å². The Balaban J connectivity index is 1.34. The van der Waals surface area contributed by atoms with Gasteiger partial charge in [0.05, 0.1) is 31.8 Å². The summed E-state index contributed by atoms with van der Waals surface area (Å²) in [4.78, 5) is 20.5. The Bertz CT molecular complexity index is 393. The van der Waals surface area contributed by atoms with Gasteiger partial charge < -0.3 is 9.64 Å². The number of ether oxygens (including phenoxy) is 1. The predicted molar refractivity (Wildman–Crippen MR) is 77.4 cm³/mol. The van der Waals surface area contributed by atoms with Gasteiger partial charge in [-0.05, 0) is 43.9 Å². The van der Waals surface area contributed by atoms with Gasteiger partial charge in [-0.3, -0.25) is 9.63 Å². The van der Waals surface area contributed by atoms with Gasteiger partial charge in [0.15, 0.2) is 0 Å². The van der Waals surface area contributed by atoms with E-state index >= 15 is 0 Å². The van der Waals surface area contributed by atoms with Crippen molar-refractivity contribution in [2.75, 3.05) is 39.4 Å². The highest BCUT2D eigenvalue weighted by atomic mass is 16.7. The van der Waals surface area contributed by atoms with Crippen LogP contribution in [0.3, 0.4) is 0 Å². The van der Waals surface area contributed by atoms with Crippen LogP contribution >= 0.6 is 0 Å². The number of hydrogen-bond acceptors (Lipinski definition) is 4. The minimum absolute atomic E-state index is 0.00484. The minimum Gasteiger partial charge on any atom is -0.377 e. The molecule has 4 aliphatic rings. The number of likely N-dealkylation sites (tertiary alicyclic amines) is 1. The van der Waals surface area contributed by atoms with Crippen LogP contribution in [0.15, 0.2) is 0 Å². The van der Waals surface area contributed by atoms with Crippen LogP contribution in [0, 0.1) is 17.8 Å². The number of carbonyl (C=O) groups excluding carboxylic acids is 1. The molecule has 0 unspecified atom stereocenters. The van der Waals surface area contributed by atoms with Crippen LogP contribution in [-0.2, 0) is 14.4 Å². The summed E-state index contributed by atoms with van der Waals surface area (Å²) >= 11 is 0. The molecular weight excluding hydrogens is 268 g/mol. The lowest BCUT2D eigenvalue weighted by atomic mass is 9.83. The molecule has 3 heterocycles. The molecule has 21 heavy (non-hydrogen) atoms. The van der Waals surface area contributed by atoms with E-state index in [1.165, 1.54) is 25.9 Å². The molecule has 1 aliphatic carbocycles. The van der Waals surface area contributed by atoms with Crippen LogP contribution in [0.25, 0.3) is 0 Å². The van der Waals surface area contributed by atoms with Crippen LogP contribution in [0.5, 0.6) is 0 Å². The van der Waals surface area contributed by atoms with Crippen LogP contribution in [0.1, 0.15) is 32.1 Å². The van der Waals surface area contributed by atoms with Gasteiger partial charge in [0, 0.05) is 19.6 Å². The highest BCUT2D eigenvalue weighted by Gasteiger charge is 2.40. The molecule has 1 amide bonds. The lowest BCUT2D eigenvalue weighted by Crippen LogP contribution is -2.51. The zero-order valence-electron chi connectivity index (χ0n) is 12.7. The first kappa shape index (κ1) is 14.0. The topological polar surface area (TPSA) is 42.0 Å². The Morgan fingerprint density at radius 3 is 2.86 bits per heavy atom. The molecule has 5 heteroatoms. The van der Waals surface area contributed by atoms with Gasteiger partial charge >= 0.3 is 0 Å². The molecule has 0 radical (unpaired) electrons. The fraction of sp³-hybridized carbons (Fsp3) is 0.938. The average Bonchev–Trinajstić information content (AvgIpc) is 3.15. The zero-order valence-corrected chi connectivity index (χ0v) is 12.7. The third-order valence-corrected chi connectivity index (χ3v) is 5.41. The van der Waals surface area contributed by atoms with Crippen LogP contribution < -0.4 is 0 Å². The van der Waals surface area contributed by atoms with Crippen LogP contribution in [0.4, 0.5) is 0 Å². The highest BCUT2D eigenvalue weighted by molar-refractivity contribution is 5.78. The lowest BCUT2D eigenvalue weighted by molar-refractivity contribution is -0.183. The molecule has 0 aromatic rings. The van der Waals surface area contributed by atoms with Gasteiger partial charge in [-0.25, -0.2) is 5.06 Å². The van der Waals surface area contributed by atoms with Crippen LogP contribution in [-0.4, -0.2) is 61.4 Å². The number of hydrogen-bond donors (Lipinski definition) is 0. The van der Waals surface area contributed by atoms with Crippen molar-refractivity contribution in [3.8, 4) is 0 Å². The van der Waals surface area contributed by atoms with Crippen LogP contribution in [0.2, 0.25) is 0 Å². The molecule has 1 saturated carbocycles. The number of nitrogens with zero attached hydrogens (tertiary/aromatic N) is 2. The first-order chi connectivity index (χ1) is 10.3. The summed E-state index contributed by atoms with van der Waals surface area (Å²) < 4.78 is 6.01. The second-order valence-corrected chi connectivity index (χ2v) is 7.18. The second-order valence-electron chi connectivity index (χ2n) is 7.18.